The summed E-state index contributed by atoms with van der Waals surface area (Å²) in [5.41, 5.74) is 6.13. The van der Waals surface area contributed by atoms with Crippen LogP contribution in [0.3, 0.4) is 0 Å². The van der Waals surface area contributed by atoms with Crippen molar-refractivity contribution in [2.75, 3.05) is 6.54 Å². The summed E-state index contributed by atoms with van der Waals surface area (Å²) in [5.74, 6) is 5.44. The number of amides is 1. The number of carbonyl (C=O) groups excluding carboxylic acids is 1. The van der Waals surface area contributed by atoms with Crippen LogP contribution in [0.2, 0.25) is 0 Å². The molecule has 2 rings (SSSR count). The summed E-state index contributed by atoms with van der Waals surface area (Å²) < 4.78 is 13.4. The predicted molar refractivity (Wildman–Crippen MR) is 76.6 cm³/mol. The summed E-state index contributed by atoms with van der Waals surface area (Å²) in [6.45, 7) is 2.38. The van der Waals surface area contributed by atoms with Crippen molar-refractivity contribution >= 4 is 5.91 Å². The number of rotatable bonds is 2. The van der Waals surface area contributed by atoms with Crippen LogP contribution in [0.25, 0.3) is 0 Å². The predicted octanol–water partition coefficient (Wildman–Crippen LogP) is 2.05. The molecule has 1 aliphatic rings. The van der Waals surface area contributed by atoms with Crippen LogP contribution < -0.4 is 11.1 Å². The summed E-state index contributed by atoms with van der Waals surface area (Å²) in [6, 6.07) is 4.23. The zero-order valence-electron chi connectivity index (χ0n) is 11.6. The molecule has 0 aliphatic heterocycles. The second kappa shape index (κ2) is 6.53. The Hall–Kier alpha value is -1.86. The molecule has 0 radical (unpaired) electrons. The van der Waals surface area contributed by atoms with Gasteiger partial charge in [0.25, 0.3) is 5.91 Å². The summed E-state index contributed by atoms with van der Waals surface area (Å²) in [5, 5.41) is 2.96. The molecular weight excluding hydrogens is 255 g/mol. The van der Waals surface area contributed by atoms with E-state index in [1.54, 1.807) is 0 Å². The van der Waals surface area contributed by atoms with Gasteiger partial charge in [0.05, 0.1) is 12.1 Å². The molecular formula is C16H19FN2O. The second-order valence-corrected chi connectivity index (χ2v) is 5.28. The number of nitrogens with two attached hydrogens (primary N) is 1. The van der Waals surface area contributed by atoms with Crippen LogP contribution in [0.1, 0.15) is 42.1 Å². The molecule has 0 aromatic heterocycles. The first kappa shape index (κ1) is 14.5. The van der Waals surface area contributed by atoms with Gasteiger partial charge in [0.2, 0.25) is 0 Å². The van der Waals surface area contributed by atoms with Gasteiger partial charge in [-0.2, -0.15) is 0 Å². The van der Waals surface area contributed by atoms with E-state index in [4.69, 9.17) is 5.73 Å². The van der Waals surface area contributed by atoms with Gasteiger partial charge in [-0.25, -0.2) is 4.39 Å². The second-order valence-electron chi connectivity index (χ2n) is 5.28. The minimum atomic E-state index is -0.437. The molecule has 20 heavy (non-hydrogen) atoms. The molecule has 2 unspecified atom stereocenters. The highest BCUT2D eigenvalue weighted by molar-refractivity contribution is 5.97. The molecule has 0 heterocycles. The van der Waals surface area contributed by atoms with E-state index >= 15 is 0 Å². The molecule has 3 N–H and O–H groups in total. The first-order valence-corrected chi connectivity index (χ1v) is 6.89. The summed E-state index contributed by atoms with van der Waals surface area (Å²) in [4.78, 5) is 12.3. The Morgan fingerprint density at radius 2 is 2.30 bits per heavy atom. The number of benzene rings is 1. The third kappa shape index (κ3) is 3.58. The Labute approximate surface area is 118 Å². The first-order valence-electron chi connectivity index (χ1n) is 6.89. The number of hydrogen-bond acceptors (Lipinski definition) is 2. The molecule has 4 heteroatoms. The van der Waals surface area contributed by atoms with E-state index in [2.05, 4.69) is 24.1 Å². The van der Waals surface area contributed by atoms with E-state index in [0.29, 0.717) is 11.5 Å². The molecule has 0 spiro atoms. The van der Waals surface area contributed by atoms with Crippen LogP contribution in [0.4, 0.5) is 4.39 Å². The SMILES string of the molecule is CC1CCC(NC(=O)c2cc(F)ccc2C#CCN)C1. The average molecular weight is 274 g/mol. The molecule has 1 aliphatic carbocycles. The molecule has 1 amide bonds. The molecule has 1 aromatic rings. The van der Waals surface area contributed by atoms with Crippen molar-refractivity contribution in [2.24, 2.45) is 11.7 Å². The van der Waals surface area contributed by atoms with Crippen LogP contribution >= 0.6 is 0 Å². The molecule has 106 valence electrons. The van der Waals surface area contributed by atoms with Crippen molar-refractivity contribution in [2.45, 2.75) is 32.2 Å². The van der Waals surface area contributed by atoms with Crippen LogP contribution in [0.5, 0.6) is 0 Å². The third-order valence-electron chi connectivity index (χ3n) is 3.58. The Kier molecular flexibility index (Phi) is 4.75. The van der Waals surface area contributed by atoms with Crippen LogP contribution in [0.15, 0.2) is 18.2 Å². The third-order valence-corrected chi connectivity index (χ3v) is 3.58. The lowest BCUT2D eigenvalue weighted by molar-refractivity contribution is 0.0936. The highest BCUT2D eigenvalue weighted by Crippen LogP contribution is 2.25. The van der Waals surface area contributed by atoms with Gasteiger partial charge < -0.3 is 11.1 Å². The lowest BCUT2D eigenvalue weighted by Crippen LogP contribution is -2.33. The van der Waals surface area contributed by atoms with Gasteiger partial charge in [-0.3, -0.25) is 4.79 Å². The molecule has 0 bridgehead atoms. The minimum Gasteiger partial charge on any atom is -0.349 e. The lowest BCUT2D eigenvalue weighted by Gasteiger charge is -2.13. The molecule has 0 saturated heterocycles. The van der Waals surface area contributed by atoms with E-state index in [0.717, 1.165) is 19.3 Å². The van der Waals surface area contributed by atoms with Crippen molar-refractivity contribution in [1.29, 1.82) is 0 Å². The molecule has 3 nitrogen and oxygen atoms in total. The van der Waals surface area contributed by atoms with Crippen molar-refractivity contribution in [1.82, 2.24) is 5.32 Å². The largest absolute Gasteiger partial charge is 0.349 e. The number of nitrogens with one attached hydrogen (secondary N) is 1. The van der Waals surface area contributed by atoms with Crippen molar-refractivity contribution in [3.63, 3.8) is 0 Å². The van der Waals surface area contributed by atoms with Gasteiger partial charge in [0.15, 0.2) is 0 Å². The maximum atomic E-state index is 13.4. The Morgan fingerprint density at radius 1 is 1.50 bits per heavy atom. The van der Waals surface area contributed by atoms with Crippen LogP contribution in [0, 0.1) is 23.6 Å². The summed E-state index contributed by atoms with van der Waals surface area (Å²) in [6.07, 6.45) is 3.07. The van der Waals surface area contributed by atoms with Crippen LogP contribution in [-0.2, 0) is 0 Å². The molecule has 1 fully saturated rings. The highest BCUT2D eigenvalue weighted by atomic mass is 19.1. The fourth-order valence-electron chi connectivity index (χ4n) is 2.56. The van der Waals surface area contributed by atoms with Gasteiger partial charge >= 0.3 is 0 Å². The smallest absolute Gasteiger partial charge is 0.252 e. The molecule has 2 atom stereocenters. The number of carbonyl (C=O) groups is 1. The van der Waals surface area contributed by atoms with E-state index in [1.807, 2.05) is 0 Å². The van der Waals surface area contributed by atoms with Gasteiger partial charge in [0, 0.05) is 11.6 Å². The zero-order chi connectivity index (χ0) is 14.5. The summed E-state index contributed by atoms with van der Waals surface area (Å²) in [7, 11) is 0. The zero-order valence-corrected chi connectivity index (χ0v) is 11.6. The van der Waals surface area contributed by atoms with Gasteiger partial charge in [-0.15, -0.1) is 0 Å². The summed E-state index contributed by atoms with van der Waals surface area (Å²) >= 11 is 0. The average Bonchev–Trinajstić information content (AvgIpc) is 2.82. The lowest BCUT2D eigenvalue weighted by atomic mass is 10.1. The van der Waals surface area contributed by atoms with E-state index in [-0.39, 0.29) is 24.1 Å². The standard InChI is InChI=1S/C16H19FN2O/c1-11-4-7-14(9-11)19-16(20)15-10-13(17)6-5-12(15)3-2-8-18/h5-6,10-11,14H,4,7-9,18H2,1H3,(H,19,20). The normalized spacial score (nSPS) is 21.1. The van der Waals surface area contributed by atoms with Crippen molar-refractivity contribution in [3.05, 3.63) is 35.1 Å². The molecule has 1 aromatic carbocycles. The Balaban J connectivity index is 2.17. The van der Waals surface area contributed by atoms with Gasteiger partial charge in [0.1, 0.15) is 5.82 Å². The number of hydrogen-bond donors (Lipinski definition) is 2. The maximum Gasteiger partial charge on any atom is 0.252 e. The monoisotopic (exact) mass is 274 g/mol. The molecule has 1 saturated carbocycles. The van der Waals surface area contributed by atoms with Gasteiger partial charge in [-0.1, -0.05) is 18.8 Å². The maximum absolute atomic E-state index is 13.4. The van der Waals surface area contributed by atoms with Crippen LogP contribution in [-0.4, -0.2) is 18.5 Å². The number of halogens is 1. The quantitative estimate of drug-likeness (QED) is 0.811. The van der Waals surface area contributed by atoms with E-state index in [1.165, 1.54) is 18.2 Å². The fraction of sp³-hybridized carbons (Fsp3) is 0.438. The minimum absolute atomic E-state index is 0.177. The Bertz CT molecular complexity index is 559. The van der Waals surface area contributed by atoms with E-state index < -0.39 is 5.82 Å². The fourth-order valence-corrected chi connectivity index (χ4v) is 2.56. The topological polar surface area (TPSA) is 55.1 Å². The Morgan fingerprint density at radius 3 is 2.95 bits per heavy atom. The van der Waals surface area contributed by atoms with Crippen molar-refractivity contribution in [3.8, 4) is 11.8 Å². The highest BCUT2D eigenvalue weighted by Gasteiger charge is 2.24. The van der Waals surface area contributed by atoms with Crippen molar-refractivity contribution < 1.29 is 9.18 Å². The van der Waals surface area contributed by atoms with Gasteiger partial charge in [-0.05, 0) is 43.4 Å². The van der Waals surface area contributed by atoms with E-state index in [9.17, 15) is 9.18 Å². The first-order chi connectivity index (χ1) is 9.60.